The van der Waals surface area contributed by atoms with Crippen molar-refractivity contribution in [3.05, 3.63) is 0 Å². The highest BCUT2D eigenvalue weighted by atomic mass is 16.2. The monoisotopic (exact) mass is 214 g/mol. The fourth-order valence-electron chi connectivity index (χ4n) is 1.59. The molecule has 0 aromatic rings. The zero-order chi connectivity index (χ0) is 11.9. The lowest BCUT2D eigenvalue weighted by Crippen LogP contribution is -2.54. The van der Waals surface area contributed by atoms with Crippen molar-refractivity contribution < 1.29 is 4.79 Å². The summed E-state index contributed by atoms with van der Waals surface area (Å²) in [6, 6.07) is 0. The van der Waals surface area contributed by atoms with Gasteiger partial charge in [-0.05, 0) is 25.8 Å². The molecule has 0 radical (unpaired) electrons. The molecule has 3 nitrogen and oxygen atoms in total. The number of amides is 1. The van der Waals surface area contributed by atoms with Gasteiger partial charge in [0.2, 0.25) is 5.91 Å². The molecule has 0 bridgehead atoms. The van der Waals surface area contributed by atoms with E-state index >= 15 is 0 Å². The quantitative estimate of drug-likeness (QED) is 0.680. The van der Waals surface area contributed by atoms with Gasteiger partial charge in [-0.1, -0.05) is 33.6 Å². The predicted molar refractivity (Wildman–Crippen MR) is 64.8 cm³/mol. The first-order chi connectivity index (χ1) is 7.03. The highest BCUT2D eigenvalue weighted by molar-refractivity contribution is 5.85. The van der Waals surface area contributed by atoms with Gasteiger partial charge in [0.1, 0.15) is 0 Å². The number of carbonyl (C=O) groups is 1. The van der Waals surface area contributed by atoms with E-state index in [0.29, 0.717) is 5.92 Å². The van der Waals surface area contributed by atoms with Gasteiger partial charge in [-0.3, -0.25) is 4.79 Å². The molecule has 0 aliphatic carbocycles. The normalized spacial score (nSPS) is 15.1. The minimum Gasteiger partial charge on any atom is -0.358 e. The first-order valence-electron chi connectivity index (χ1n) is 6.01. The Morgan fingerprint density at radius 1 is 1.27 bits per heavy atom. The molecule has 0 aliphatic heterocycles. The van der Waals surface area contributed by atoms with Crippen LogP contribution in [-0.2, 0) is 4.79 Å². The molecule has 0 fully saturated rings. The molecule has 1 amide bonds. The second-order valence-electron chi connectivity index (χ2n) is 4.33. The molecule has 0 saturated heterocycles. The van der Waals surface area contributed by atoms with E-state index in [1.54, 1.807) is 7.05 Å². The summed E-state index contributed by atoms with van der Waals surface area (Å²) in [6.07, 6.45) is 3.14. The van der Waals surface area contributed by atoms with E-state index in [2.05, 4.69) is 24.5 Å². The number of nitrogens with one attached hydrogen (secondary N) is 2. The molecule has 0 rings (SSSR count). The van der Waals surface area contributed by atoms with E-state index < -0.39 is 5.54 Å². The molecule has 0 heterocycles. The molecule has 0 aliphatic rings. The summed E-state index contributed by atoms with van der Waals surface area (Å²) in [5.74, 6) is 0.747. The van der Waals surface area contributed by atoms with Crippen molar-refractivity contribution in [2.24, 2.45) is 5.92 Å². The van der Waals surface area contributed by atoms with Gasteiger partial charge in [0.25, 0.3) is 0 Å². The van der Waals surface area contributed by atoms with Crippen molar-refractivity contribution in [1.29, 1.82) is 0 Å². The molecule has 1 unspecified atom stereocenters. The standard InChI is InChI=1S/C12H26N2O/c1-6-10(7-2)9-14-12(4,8-3)11(15)13-5/h10,14H,6-9H2,1-5H3,(H,13,15). The number of likely N-dealkylation sites (N-methyl/N-ethyl adjacent to an activating group) is 1. The number of hydrogen-bond acceptors (Lipinski definition) is 2. The molecule has 0 aromatic heterocycles. The molecule has 90 valence electrons. The minimum absolute atomic E-state index is 0.0796. The second kappa shape index (κ2) is 6.83. The van der Waals surface area contributed by atoms with Gasteiger partial charge in [-0.15, -0.1) is 0 Å². The van der Waals surface area contributed by atoms with Crippen molar-refractivity contribution in [2.45, 2.75) is 52.5 Å². The van der Waals surface area contributed by atoms with Crippen LogP contribution in [0.4, 0.5) is 0 Å². The fraction of sp³-hybridized carbons (Fsp3) is 0.917. The van der Waals surface area contributed by atoms with E-state index in [1.807, 2.05) is 13.8 Å². The Kier molecular flexibility index (Phi) is 6.57. The van der Waals surface area contributed by atoms with E-state index in [1.165, 1.54) is 0 Å². The van der Waals surface area contributed by atoms with Crippen molar-refractivity contribution in [3.63, 3.8) is 0 Å². The Morgan fingerprint density at radius 3 is 2.13 bits per heavy atom. The van der Waals surface area contributed by atoms with Crippen LogP contribution >= 0.6 is 0 Å². The summed E-state index contributed by atoms with van der Waals surface area (Å²) in [6.45, 7) is 9.31. The van der Waals surface area contributed by atoms with Crippen molar-refractivity contribution in [1.82, 2.24) is 10.6 Å². The molecule has 3 heteroatoms. The van der Waals surface area contributed by atoms with Gasteiger partial charge in [-0.2, -0.15) is 0 Å². The Hall–Kier alpha value is -0.570. The maximum Gasteiger partial charge on any atom is 0.239 e. The zero-order valence-corrected chi connectivity index (χ0v) is 10.8. The van der Waals surface area contributed by atoms with Gasteiger partial charge >= 0.3 is 0 Å². The summed E-state index contributed by atoms with van der Waals surface area (Å²) < 4.78 is 0. The van der Waals surface area contributed by atoms with Crippen molar-refractivity contribution in [3.8, 4) is 0 Å². The van der Waals surface area contributed by atoms with Crippen LogP contribution in [0.3, 0.4) is 0 Å². The second-order valence-corrected chi connectivity index (χ2v) is 4.33. The van der Waals surface area contributed by atoms with Crippen LogP contribution < -0.4 is 10.6 Å². The van der Waals surface area contributed by atoms with Gasteiger partial charge in [0, 0.05) is 7.05 Å². The topological polar surface area (TPSA) is 41.1 Å². The summed E-state index contributed by atoms with van der Waals surface area (Å²) >= 11 is 0. The van der Waals surface area contributed by atoms with Gasteiger partial charge in [0.15, 0.2) is 0 Å². The Labute approximate surface area is 94.0 Å². The SMILES string of the molecule is CCC(CC)CNC(C)(CC)C(=O)NC. The molecular formula is C12H26N2O. The highest BCUT2D eigenvalue weighted by Crippen LogP contribution is 2.12. The highest BCUT2D eigenvalue weighted by Gasteiger charge is 2.29. The van der Waals surface area contributed by atoms with E-state index in [4.69, 9.17) is 0 Å². The van der Waals surface area contributed by atoms with Crippen LogP contribution in [0.15, 0.2) is 0 Å². The zero-order valence-electron chi connectivity index (χ0n) is 10.8. The molecule has 15 heavy (non-hydrogen) atoms. The van der Waals surface area contributed by atoms with E-state index in [9.17, 15) is 4.79 Å². The molecule has 2 N–H and O–H groups in total. The first-order valence-corrected chi connectivity index (χ1v) is 6.01. The molecule has 0 spiro atoms. The number of carbonyl (C=O) groups excluding carboxylic acids is 1. The largest absolute Gasteiger partial charge is 0.358 e. The average Bonchev–Trinajstić information content (AvgIpc) is 2.28. The molecule has 0 saturated carbocycles. The summed E-state index contributed by atoms with van der Waals surface area (Å²) in [5, 5.41) is 6.10. The van der Waals surface area contributed by atoms with Gasteiger partial charge in [-0.25, -0.2) is 0 Å². The lowest BCUT2D eigenvalue weighted by atomic mass is 9.95. The third kappa shape index (κ3) is 4.20. The van der Waals surface area contributed by atoms with Crippen LogP contribution in [-0.4, -0.2) is 25.0 Å². The van der Waals surface area contributed by atoms with Gasteiger partial charge in [0.05, 0.1) is 5.54 Å². The maximum absolute atomic E-state index is 11.7. The number of hydrogen-bond donors (Lipinski definition) is 2. The Morgan fingerprint density at radius 2 is 1.80 bits per heavy atom. The Bertz CT molecular complexity index is 190. The molecule has 0 aromatic carbocycles. The van der Waals surface area contributed by atoms with E-state index in [0.717, 1.165) is 25.8 Å². The fourth-order valence-corrected chi connectivity index (χ4v) is 1.59. The third-order valence-electron chi connectivity index (χ3n) is 3.37. The van der Waals surface area contributed by atoms with Crippen LogP contribution in [0.2, 0.25) is 0 Å². The summed E-state index contributed by atoms with van der Waals surface area (Å²) in [5.41, 5.74) is -0.419. The summed E-state index contributed by atoms with van der Waals surface area (Å²) in [4.78, 5) is 11.7. The lowest BCUT2D eigenvalue weighted by Gasteiger charge is -2.29. The average molecular weight is 214 g/mol. The summed E-state index contributed by atoms with van der Waals surface area (Å²) in [7, 11) is 1.69. The van der Waals surface area contributed by atoms with Crippen LogP contribution in [0, 0.1) is 5.92 Å². The maximum atomic E-state index is 11.7. The van der Waals surface area contributed by atoms with E-state index in [-0.39, 0.29) is 5.91 Å². The molecule has 1 atom stereocenters. The van der Waals surface area contributed by atoms with Gasteiger partial charge < -0.3 is 10.6 Å². The Balaban J connectivity index is 4.25. The van der Waals surface area contributed by atoms with Crippen LogP contribution in [0.1, 0.15) is 47.0 Å². The minimum atomic E-state index is -0.419. The van der Waals surface area contributed by atoms with Crippen LogP contribution in [0.25, 0.3) is 0 Å². The lowest BCUT2D eigenvalue weighted by molar-refractivity contribution is -0.126. The smallest absolute Gasteiger partial charge is 0.239 e. The van der Waals surface area contributed by atoms with Crippen LogP contribution in [0.5, 0.6) is 0 Å². The predicted octanol–water partition coefficient (Wildman–Crippen LogP) is 1.93. The first kappa shape index (κ1) is 14.4. The number of rotatable bonds is 7. The van der Waals surface area contributed by atoms with Crippen molar-refractivity contribution >= 4 is 5.91 Å². The molecular weight excluding hydrogens is 188 g/mol. The van der Waals surface area contributed by atoms with Crippen molar-refractivity contribution in [2.75, 3.05) is 13.6 Å². The third-order valence-corrected chi connectivity index (χ3v) is 3.37.